The van der Waals surface area contributed by atoms with Crippen molar-refractivity contribution in [1.82, 2.24) is 10.2 Å². The first-order chi connectivity index (χ1) is 11.7. The molecule has 1 aromatic heterocycles. The molecule has 4 rings (SSSR count). The van der Waals surface area contributed by atoms with Crippen molar-refractivity contribution in [2.45, 2.75) is 57.7 Å². The number of carbonyl (C=O) groups is 1. The first kappa shape index (κ1) is 16.2. The van der Waals surface area contributed by atoms with Gasteiger partial charge < -0.3 is 14.5 Å². The highest BCUT2D eigenvalue weighted by Crippen LogP contribution is 2.33. The fourth-order valence-corrected chi connectivity index (χ4v) is 4.19. The number of nitrogens with zero attached hydrogens (tertiary/aromatic N) is 1. The highest BCUT2D eigenvalue weighted by Gasteiger charge is 2.40. The second-order valence-corrected chi connectivity index (χ2v) is 7.77. The van der Waals surface area contributed by atoms with Gasteiger partial charge in [-0.2, -0.15) is 0 Å². The second kappa shape index (κ2) is 6.89. The van der Waals surface area contributed by atoms with Crippen LogP contribution in [0.25, 0.3) is 0 Å². The fraction of sp³-hybridized carbons (Fsp3) is 0.737. The second-order valence-electron chi connectivity index (χ2n) is 7.77. The van der Waals surface area contributed by atoms with Gasteiger partial charge >= 0.3 is 0 Å². The Bertz CT molecular complexity index is 581. The van der Waals surface area contributed by atoms with Crippen LogP contribution in [0.3, 0.4) is 0 Å². The van der Waals surface area contributed by atoms with Gasteiger partial charge in [-0.3, -0.25) is 9.69 Å². The van der Waals surface area contributed by atoms with E-state index >= 15 is 0 Å². The predicted octanol–water partition coefficient (Wildman–Crippen LogP) is 2.48. The van der Waals surface area contributed by atoms with Gasteiger partial charge in [-0.25, -0.2) is 0 Å². The summed E-state index contributed by atoms with van der Waals surface area (Å²) in [6, 6.07) is 4.17. The van der Waals surface area contributed by atoms with Gasteiger partial charge in [0, 0.05) is 26.1 Å². The molecule has 1 saturated carbocycles. The van der Waals surface area contributed by atoms with Crippen LogP contribution in [0.1, 0.15) is 43.6 Å². The van der Waals surface area contributed by atoms with E-state index in [-0.39, 0.29) is 18.1 Å². The monoisotopic (exact) mass is 332 g/mol. The SMILES string of the molecule is Cc1ccc(CN2C[C@@H]3CCCO[C@@H]3[C@H](NC(=O)CC3CC3)C2)o1. The highest BCUT2D eigenvalue weighted by molar-refractivity contribution is 5.77. The summed E-state index contributed by atoms with van der Waals surface area (Å²) in [5, 5.41) is 3.27. The van der Waals surface area contributed by atoms with Gasteiger partial charge in [0.05, 0.1) is 18.7 Å². The number of carbonyl (C=O) groups excluding carboxylic acids is 1. The summed E-state index contributed by atoms with van der Waals surface area (Å²) < 4.78 is 11.8. The molecule has 5 heteroatoms. The summed E-state index contributed by atoms with van der Waals surface area (Å²) in [6.45, 7) is 5.49. The van der Waals surface area contributed by atoms with Crippen LogP contribution in [0.15, 0.2) is 16.5 Å². The van der Waals surface area contributed by atoms with Gasteiger partial charge in [-0.05, 0) is 56.6 Å². The average molecular weight is 332 g/mol. The molecule has 0 aromatic carbocycles. The molecule has 3 atom stereocenters. The number of nitrogens with one attached hydrogen (secondary N) is 1. The molecule has 0 radical (unpaired) electrons. The summed E-state index contributed by atoms with van der Waals surface area (Å²) in [6.07, 6.45) is 5.60. The number of hydrogen-bond donors (Lipinski definition) is 1. The third kappa shape index (κ3) is 3.83. The minimum atomic E-state index is 0.103. The third-order valence-corrected chi connectivity index (χ3v) is 5.53. The molecule has 5 nitrogen and oxygen atoms in total. The Kier molecular flexibility index (Phi) is 4.63. The van der Waals surface area contributed by atoms with E-state index in [9.17, 15) is 4.79 Å². The zero-order chi connectivity index (χ0) is 16.5. The number of piperidine rings is 1. The normalized spacial score (nSPS) is 30.8. The number of rotatable bonds is 5. The van der Waals surface area contributed by atoms with Gasteiger partial charge in [0.25, 0.3) is 0 Å². The molecule has 132 valence electrons. The molecule has 3 heterocycles. The Morgan fingerprint density at radius 2 is 2.17 bits per heavy atom. The van der Waals surface area contributed by atoms with Crippen molar-refractivity contribution in [2.75, 3.05) is 19.7 Å². The van der Waals surface area contributed by atoms with Crippen LogP contribution >= 0.6 is 0 Å². The Morgan fingerprint density at radius 3 is 2.92 bits per heavy atom. The zero-order valence-corrected chi connectivity index (χ0v) is 14.5. The van der Waals surface area contributed by atoms with Gasteiger partial charge in [0.2, 0.25) is 5.91 Å². The van der Waals surface area contributed by atoms with Crippen molar-refractivity contribution in [2.24, 2.45) is 11.8 Å². The quantitative estimate of drug-likeness (QED) is 0.900. The van der Waals surface area contributed by atoms with Gasteiger partial charge in [0.15, 0.2) is 0 Å². The lowest BCUT2D eigenvalue weighted by Crippen LogP contribution is -2.60. The molecule has 2 saturated heterocycles. The molecule has 3 fully saturated rings. The number of aryl methyl sites for hydroxylation is 1. The lowest BCUT2D eigenvalue weighted by molar-refractivity contribution is -0.128. The van der Waals surface area contributed by atoms with Crippen LogP contribution < -0.4 is 5.32 Å². The van der Waals surface area contributed by atoms with Crippen molar-refractivity contribution in [3.05, 3.63) is 23.7 Å². The van der Waals surface area contributed by atoms with Crippen molar-refractivity contribution >= 4 is 5.91 Å². The molecule has 0 spiro atoms. The number of likely N-dealkylation sites (tertiary alicyclic amines) is 1. The third-order valence-electron chi connectivity index (χ3n) is 5.53. The maximum Gasteiger partial charge on any atom is 0.220 e. The highest BCUT2D eigenvalue weighted by atomic mass is 16.5. The van der Waals surface area contributed by atoms with E-state index in [1.807, 2.05) is 13.0 Å². The van der Waals surface area contributed by atoms with Crippen LogP contribution in [0.4, 0.5) is 0 Å². The van der Waals surface area contributed by atoms with Crippen LogP contribution in [-0.2, 0) is 16.1 Å². The fourth-order valence-electron chi connectivity index (χ4n) is 4.19. The average Bonchev–Trinajstić information content (AvgIpc) is 3.27. The summed E-state index contributed by atoms with van der Waals surface area (Å²) in [5.74, 6) is 3.29. The largest absolute Gasteiger partial charge is 0.465 e. The number of amides is 1. The minimum Gasteiger partial charge on any atom is -0.465 e. The number of ether oxygens (including phenoxy) is 1. The van der Waals surface area contributed by atoms with Crippen molar-refractivity contribution in [1.29, 1.82) is 0 Å². The molecule has 1 aromatic rings. The summed E-state index contributed by atoms with van der Waals surface area (Å²) in [4.78, 5) is 14.7. The predicted molar refractivity (Wildman–Crippen MR) is 90.5 cm³/mol. The molecular weight excluding hydrogens is 304 g/mol. The Labute approximate surface area is 143 Å². The molecule has 1 aliphatic carbocycles. The lowest BCUT2D eigenvalue weighted by Gasteiger charge is -2.45. The Hall–Kier alpha value is -1.33. The van der Waals surface area contributed by atoms with E-state index in [4.69, 9.17) is 9.15 Å². The summed E-state index contributed by atoms with van der Waals surface area (Å²) in [5.41, 5.74) is 0. The van der Waals surface area contributed by atoms with Gasteiger partial charge in [-0.1, -0.05) is 0 Å². The first-order valence-corrected chi connectivity index (χ1v) is 9.36. The molecule has 2 aliphatic heterocycles. The Balaban J connectivity index is 1.41. The molecule has 0 bridgehead atoms. The van der Waals surface area contributed by atoms with E-state index in [1.54, 1.807) is 0 Å². The smallest absolute Gasteiger partial charge is 0.220 e. The Morgan fingerprint density at radius 1 is 1.29 bits per heavy atom. The number of furan rings is 1. The number of hydrogen-bond acceptors (Lipinski definition) is 4. The lowest BCUT2D eigenvalue weighted by atomic mass is 9.85. The molecule has 1 amide bonds. The van der Waals surface area contributed by atoms with E-state index in [0.717, 1.165) is 44.2 Å². The first-order valence-electron chi connectivity index (χ1n) is 9.36. The van der Waals surface area contributed by atoms with E-state index in [2.05, 4.69) is 16.3 Å². The van der Waals surface area contributed by atoms with Crippen LogP contribution in [0.2, 0.25) is 0 Å². The van der Waals surface area contributed by atoms with Crippen molar-refractivity contribution < 1.29 is 13.9 Å². The number of fused-ring (bicyclic) bond motifs is 1. The van der Waals surface area contributed by atoms with Crippen LogP contribution in [0, 0.1) is 18.8 Å². The molecule has 3 aliphatic rings. The molecule has 24 heavy (non-hydrogen) atoms. The maximum atomic E-state index is 12.3. The summed E-state index contributed by atoms with van der Waals surface area (Å²) in [7, 11) is 0. The van der Waals surface area contributed by atoms with E-state index in [0.29, 0.717) is 18.3 Å². The van der Waals surface area contributed by atoms with Gasteiger partial charge in [0.1, 0.15) is 11.5 Å². The molecular formula is C19H28N2O3. The van der Waals surface area contributed by atoms with Crippen molar-refractivity contribution in [3.63, 3.8) is 0 Å². The summed E-state index contributed by atoms with van der Waals surface area (Å²) >= 11 is 0. The van der Waals surface area contributed by atoms with Crippen molar-refractivity contribution in [3.8, 4) is 0 Å². The van der Waals surface area contributed by atoms with E-state index < -0.39 is 0 Å². The van der Waals surface area contributed by atoms with Gasteiger partial charge in [-0.15, -0.1) is 0 Å². The topological polar surface area (TPSA) is 54.7 Å². The standard InChI is InChI=1S/C19H28N2O3/c1-13-4-7-16(24-13)11-21-10-15-3-2-8-23-19(15)17(12-21)20-18(22)9-14-5-6-14/h4,7,14-15,17,19H,2-3,5-6,8-12H2,1H3,(H,20,22)/t15-,17+,19-/m0/s1. The van der Waals surface area contributed by atoms with Crippen LogP contribution in [0.5, 0.6) is 0 Å². The van der Waals surface area contributed by atoms with E-state index in [1.165, 1.54) is 19.3 Å². The molecule has 0 unspecified atom stereocenters. The van der Waals surface area contributed by atoms with Crippen LogP contribution in [-0.4, -0.2) is 42.6 Å². The molecule has 1 N–H and O–H groups in total. The minimum absolute atomic E-state index is 0.103. The zero-order valence-electron chi connectivity index (χ0n) is 14.5. The maximum absolute atomic E-state index is 12.3.